The fourth-order valence-electron chi connectivity index (χ4n) is 1.65. The summed E-state index contributed by atoms with van der Waals surface area (Å²) in [6, 6.07) is 5.81. The van der Waals surface area contributed by atoms with E-state index in [0.29, 0.717) is 5.25 Å². The van der Waals surface area contributed by atoms with Gasteiger partial charge in [0, 0.05) is 22.1 Å². The number of hydrogen-bond donors (Lipinski definition) is 1. The van der Waals surface area contributed by atoms with Crippen LogP contribution in [0.4, 0.5) is 0 Å². The van der Waals surface area contributed by atoms with Gasteiger partial charge in [-0.25, -0.2) is 0 Å². The van der Waals surface area contributed by atoms with Crippen LogP contribution in [0.5, 0.6) is 5.75 Å². The molecule has 2 atom stereocenters. The van der Waals surface area contributed by atoms with Gasteiger partial charge in [0.25, 0.3) is 0 Å². The van der Waals surface area contributed by atoms with Crippen LogP contribution in [0.25, 0.3) is 0 Å². The zero-order valence-corrected chi connectivity index (χ0v) is 12.9. The first-order chi connectivity index (χ1) is 8.56. The molecule has 0 bridgehead atoms. The van der Waals surface area contributed by atoms with E-state index in [1.807, 2.05) is 30.0 Å². The first-order valence-corrected chi connectivity index (χ1v) is 7.69. The van der Waals surface area contributed by atoms with Crippen molar-refractivity contribution in [2.75, 3.05) is 12.9 Å². The standard InChI is InChI=1S/C14H22ClNOS/c1-4-10(2)18-9-13(16)8-11-7-12(15)5-6-14(11)17-3/h5-7,10,13H,4,8-9,16H2,1-3H3. The van der Waals surface area contributed by atoms with Crippen molar-refractivity contribution in [1.82, 2.24) is 0 Å². The second-order valence-corrected chi connectivity index (χ2v) is 6.38. The molecule has 0 aliphatic carbocycles. The minimum atomic E-state index is 0.136. The van der Waals surface area contributed by atoms with E-state index in [9.17, 15) is 0 Å². The summed E-state index contributed by atoms with van der Waals surface area (Å²) in [4.78, 5) is 0. The normalized spacial score (nSPS) is 14.3. The van der Waals surface area contributed by atoms with Crippen LogP contribution < -0.4 is 10.5 Å². The maximum Gasteiger partial charge on any atom is 0.122 e. The monoisotopic (exact) mass is 287 g/mol. The number of nitrogens with two attached hydrogens (primary N) is 1. The fourth-order valence-corrected chi connectivity index (χ4v) is 2.78. The van der Waals surface area contributed by atoms with Gasteiger partial charge in [-0.3, -0.25) is 0 Å². The van der Waals surface area contributed by atoms with Gasteiger partial charge in [-0.1, -0.05) is 25.4 Å². The summed E-state index contributed by atoms with van der Waals surface area (Å²) in [5.41, 5.74) is 7.25. The zero-order chi connectivity index (χ0) is 13.5. The Balaban J connectivity index is 2.57. The van der Waals surface area contributed by atoms with E-state index in [2.05, 4.69) is 13.8 Å². The van der Waals surface area contributed by atoms with E-state index >= 15 is 0 Å². The molecule has 1 aromatic carbocycles. The lowest BCUT2D eigenvalue weighted by Gasteiger charge is -2.16. The van der Waals surface area contributed by atoms with Crippen LogP contribution in [0.15, 0.2) is 18.2 Å². The van der Waals surface area contributed by atoms with E-state index in [1.54, 1.807) is 7.11 Å². The smallest absolute Gasteiger partial charge is 0.122 e. The van der Waals surface area contributed by atoms with Gasteiger partial charge in [0.15, 0.2) is 0 Å². The Morgan fingerprint density at radius 3 is 2.78 bits per heavy atom. The van der Waals surface area contributed by atoms with Crippen molar-refractivity contribution in [1.29, 1.82) is 0 Å². The van der Waals surface area contributed by atoms with Crippen molar-refractivity contribution in [3.8, 4) is 5.75 Å². The number of benzene rings is 1. The van der Waals surface area contributed by atoms with Gasteiger partial charge < -0.3 is 10.5 Å². The highest BCUT2D eigenvalue weighted by Gasteiger charge is 2.11. The Hall–Kier alpha value is -0.380. The Morgan fingerprint density at radius 1 is 1.44 bits per heavy atom. The molecule has 1 aromatic rings. The Kier molecular flexibility index (Phi) is 6.90. The molecule has 0 saturated heterocycles. The number of rotatable bonds is 7. The summed E-state index contributed by atoms with van der Waals surface area (Å²) in [7, 11) is 1.67. The number of thioether (sulfide) groups is 1. The van der Waals surface area contributed by atoms with Crippen molar-refractivity contribution in [3.63, 3.8) is 0 Å². The minimum Gasteiger partial charge on any atom is -0.496 e. The highest BCUT2D eigenvalue weighted by atomic mass is 35.5. The van der Waals surface area contributed by atoms with E-state index in [4.69, 9.17) is 22.1 Å². The lowest BCUT2D eigenvalue weighted by Crippen LogP contribution is -2.26. The Labute approximate surface area is 119 Å². The number of hydrogen-bond acceptors (Lipinski definition) is 3. The third kappa shape index (κ3) is 5.09. The van der Waals surface area contributed by atoms with Crippen molar-refractivity contribution in [2.45, 2.75) is 38.0 Å². The molecule has 1 rings (SSSR count). The Morgan fingerprint density at radius 2 is 2.17 bits per heavy atom. The highest BCUT2D eigenvalue weighted by molar-refractivity contribution is 7.99. The zero-order valence-electron chi connectivity index (χ0n) is 11.3. The summed E-state index contributed by atoms with van der Waals surface area (Å²) in [6.07, 6.45) is 1.98. The van der Waals surface area contributed by atoms with Gasteiger partial charge in [-0.15, -0.1) is 0 Å². The van der Waals surface area contributed by atoms with Gasteiger partial charge in [0.2, 0.25) is 0 Å². The molecule has 0 aromatic heterocycles. The van der Waals surface area contributed by atoms with Crippen molar-refractivity contribution < 1.29 is 4.74 Å². The first-order valence-electron chi connectivity index (χ1n) is 6.26. The molecule has 0 saturated carbocycles. The lowest BCUT2D eigenvalue weighted by atomic mass is 10.1. The van der Waals surface area contributed by atoms with Crippen LogP contribution in [0.1, 0.15) is 25.8 Å². The lowest BCUT2D eigenvalue weighted by molar-refractivity contribution is 0.408. The molecular formula is C14H22ClNOS. The predicted octanol–water partition coefficient (Wildman–Crippen LogP) is 3.75. The van der Waals surface area contributed by atoms with Crippen LogP contribution >= 0.6 is 23.4 Å². The molecule has 18 heavy (non-hydrogen) atoms. The molecule has 2 unspecified atom stereocenters. The molecule has 0 spiro atoms. The average molecular weight is 288 g/mol. The van der Waals surface area contributed by atoms with Gasteiger partial charge >= 0.3 is 0 Å². The molecule has 0 fully saturated rings. The first kappa shape index (κ1) is 15.7. The van der Waals surface area contributed by atoms with Crippen molar-refractivity contribution in [3.05, 3.63) is 28.8 Å². The molecule has 0 radical (unpaired) electrons. The molecule has 0 aliphatic rings. The van der Waals surface area contributed by atoms with E-state index in [-0.39, 0.29) is 6.04 Å². The summed E-state index contributed by atoms with van der Waals surface area (Å²) in [6.45, 7) is 4.43. The maximum atomic E-state index is 6.16. The molecular weight excluding hydrogens is 266 g/mol. The van der Waals surface area contributed by atoms with Crippen LogP contribution in [0.3, 0.4) is 0 Å². The summed E-state index contributed by atoms with van der Waals surface area (Å²) in [5, 5.41) is 1.39. The molecule has 0 amide bonds. The van der Waals surface area contributed by atoms with Crippen LogP contribution in [-0.4, -0.2) is 24.2 Å². The second-order valence-electron chi connectivity index (χ2n) is 4.47. The van der Waals surface area contributed by atoms with Gasteiger partial charge in [0.05, 0.1) is 7.11 Å². The highest BCUT2D eigenvalue weighted by Crippen LogP contribution is 2.24. The third-order valence-corrected chi connectivity index (χ3v) is 4.65. The summed E-state index contributed by atoms with van der Waals surface area (Å²) in [5.74, 6) is 1.83. The van der Waals surface area contributed by atoms with Crippen molar-refractivity contribution in [2.24, 2.45) is 5.73 Å². The topological polar surface area (TPSA) is 35.2 Å². The molecule has 0 aliphatic heterocycles. The number of methoxy groups -OCH3 is 1. The third-order valence-electron chi connectivity index (χ3n) is 2.89. The maximum absolute atomic E-state index is 6.16. The van der Waals surface area contributed by atoms with Crippen molar-refractivity contribution >= 4 is 23.4 Å². The predicted molar refractivity (Wildman–Crippen MR) is 81.9 cm³/mol. The minimum absolute atomic E-state index is 0.136. The van der Waals surface area contributed by atoms with Crippen LogP contribution in [0, 0.1) is 0 Å². The van der Waals surface area contributed by atoms with Gasteiger partial charge in [-0.2, -0.15) is 11.8 Å². The molecule has 0 heterocycles. The summed E-state index contributed by atoms with van der Waals surface area (Å²) < 4.78 is 5.33. The molecule has 2 N–H and O–H groups in total. The number of ether oxygens (including phenoxy) is 1. The van der Waals surface area contributed by atoms with Crippen LogP contribution in [0.2, 0.25) is 5.02 Å². The van der Waals surface area contributed by atoms with E-state index < -0.39 is 0 Å². The molecule has 2 nitrogen and oxygen atoms in total. The van der Waals surface area contributed by atoms with Gasteiger partial charge in [0.1, 0.15) is 5.75 Å². The SMILES string of the molecule is CCC(C)SCC(N)Cc1cc(Cl)ccc1OC. The fraction of sp³-hybridized carbons (Fsp3) is 0.571. The van der Waals surface area contributed by atoms with E-state index in [1.165, 1.54) is 6.42 Å². The second kappa shape index (κ2) is 7.93. The largest absolute Gasteiger partial charge is 0.496 e. The van der Waals surface area contributed by atoms with E-state index in [0.717, 1.165) is 28.5 Å². The number of halogens is 1. The quantitative estimate of drug-likeness (QED) is 0.829. The van der Waals surface area contributed by atoms with Gasteiger partial charge in [-0.05, 0) is 36.6 Å². The Bertz CT molecular complexity index is 373. The van der Waals surface area contributed by atoms with Crippen LogP contribution in [-0.2, 0) is 6.42 Å². The average Bonchev–Trinajstić information content (AvgIpc) is 2.36. The summed E-state index contributed by atoms with van der Waals surface area (Å²) >= 11 is 7.93. The molecule has 4 heteroatoms. The molecule has 102 valence electrons.